The van der Waals surface area contributed by atoms with E-state index in [-0.39, 0.29) is 18.0 Å². The Kier molecular flexibility index (Phi) is 5.72. The van der Waals surface area contributed by atoms with Gasteiger partial charge in [-0.05, 0) is 12.8 Å². The van der Waals surface area contributed by atoms with Crippen LogP contribution in [0.1, 0.15) is 32.1 Å². The fourth-order valence-electron chi connectivity index (χ4n) is 2.93. The summed E-state index contributed by atoms with van der Waals surface area (Å²) >= 11 is 1.73. The molecule has 1 aliphatic heterocycles. The van der Waals surface area contributed by atoms with Crippen molar-refractivity contribution in [3.8, 4) is 0 Å². The van der Waals surface area contributed by atoms with Gasteiger partial charge in [-0.2, -0.15) is 0 Å². The standard InChI is InChI=1S/C14H23NO4S/c1-18-10-7-12(14(17)19-2)15(8-10)13(16)9-20-11-5-3-4-6-11/h10-12H,3-9H2,1-2H3/t10-,12+/m0/s1. The number of carbonyl (C=O) groups excluding carboxylic acids is 2. The summed E-state index contributed by atoms with van der Waals surface area (Å²) < 4.78 is 10.1. The molecule has 0 aromatic heterocycles. The van der Waals surface area contributed by atoms with Crippen LogP contribution < -0.4 is 0 Å². The van der Waals surface area contributed by atoms with E-state index in [4.69, 9.17) is 9.47 Å². The van der Waals surface area contributed by atoms with Crippen LogP contribution in [-0.2, 0) is 19.1 Å². The second-order valence-electron chi connectivity index (χ2n) is 5.40. The van der Waals surface area contributed by atoms with Crippen LogP contribution in [0.15, 0.2) is 0 Å². The number of nitrogens with zero attached hydrogens (tertiary/aromatic N) is 1. The first-order chi connectivity index (χ1) is 9.65. The maximum absolute atomic E-state index is 12.3. The second kappa shape index (κ2) is 7.31. The summed E-state index contributed by atoms with van der Waals surface area (Å²) in [6.07, 6.45) is 5.42. The zero-order valence-corrected chi connectivity index (χ0v) is 13.0. The SMILES string of the molecule is COC(=O)[C@H]1C[C@H](OC)CN1C(=O)CSC1CCCC1. The van der Waals surface area contributed by atoms with Crippen molar-refractivity contribution < 1.29 is 19.1 Å². The van der Waals surface area contributed by atoms with Gasteiger partial charge in [0.1, 0.15) is 6.04 Å². The minimum Gasteiger partial charge on any atom is -0.467 e. The van der Waals surface area contributed by atoms with E-state index < -0.39 is 6.04 Å². The lowest BCUT2D eigenvalue weighted by Gasteiger charge is -2.22. The summed E-state index contributed by atoms with van der Waals surface area (Å²) in [5.41, 5.74) is 0. The van der Waals surface area contributed by atoms with Gasteiger partial charge in [0.15, 0.2) is 0 Å². The van der Waals surface area contributed by atoms with E-state index in [1.807, 2.05) is 0 Å². The number of likely N-dealkylation sites (tertiary alicyclic amines) is 1. The fraction of sp³-hybridized carbons (Fsp3) is 0.857. The maximum atomic E-state index is 12.3. The molecule has 2 aliphatic rings. The number of hydrogen-bond donors (Lipinski definition) is 0. The molecular formula is C14H23NO4S. The van der Waals surface area contributed by atoms with Crippen LogP contribution in [0.5, 0.6) is 0 Å². The molecule has 0 N–H and O–H groups in total. The normalized spacial score (nSPS) is 27.0. The highest BCUT2D eigenvalue weighted by molar-refractivity contribution is 8.00. The van der Waals surface area contributed by atoms with Gasteiger partial charge < -0.3 is 14.4 Å². The molecule has 2 rings (SSSR count). The van der Waals surface area contributed by atoms with Crippen LogP contribution in [-0.4, -0.2) is 60.7 Å². The largest absolute Gasteiger partial charge is 0.467 e. The van der Waals surface area contributed by atoms with Crippen molar-refractivity contribution in [3.05, 3.63) is 0 Å². The van der Waals surface area contributed by atoms with Crippen molar-refractivity contribution in [1.29, 1.82) is 0 Å². The molecule has 0 bridgehead atoms. The van der Waals surface area contributed by atoms with Crippen LogP contribution in [0.2, 0.25) is 0 Å². The van der Waals surface area contributed by atoms with Crippen molar-refractivity contribution in [2.75, 3.05) is 26.5 Å². The molecule has 0 radical (unpaired) electrons. The number of ether oxygens (including phenoxy) is 2. The first-order valence-electron chi connectivity index (χ1n) is 7.17. The van der Waals surface area contributed by atoms with Gasteiger partial charge in [0.05, 0.1) is 19.0 Å². The Bertz CT molecular complexity index is 357. The molecule has 5 nitrogen and oxygen atoms in total. The van der Waals surface area contributed by atoms with Crippen molar-refractivity contribution >= 4 is 23.6 Å². The number of esters is 1. The number of hydrogen-bond acceptors (Lipinski definition) is 5. The summed E-state index contributed by atoms with van der Waals surface area (Å²) in [7, 11) is 2.97. The summed E-state index contributed by atoms with van der Waals surface area (Å²) in [6.45, 7) is 0.486. The van der Waals surface area contributed by atoms with Crippen LogP contribution in [0.4, 0.5) is 0 Å². The third-order valence-corrected chi connectivity index (χ3v) is 5.49. The van der Waals surface area contributed by atoms with Crippen molar-refractivity contribution in [2.45, 2.75) is 49.5 Å². The monoisotopic (exact) mass is 301 g/mol. The molecule has 0 unspecified atom stereocenters. The van der Waals surface area contributed by atoms with Crippen LogP contribution in [0, 0.1) is 0 Å². The third kappa shape index (κ3) is 3.67. The minimum absolute atomic E-state index is 0.0249. The summed E-state index contributed by atoms with van der Waals surface area (Å²) in [5.74, 6) is 0.134. The van der Waals surface area contributed by atoms with Gasteiger partial charge in [-0.25, -0.2) is 4.79 Å². The summed E-state index contributed by atoms with van der Waals surface area (Å²) in [4.78, 5) is 25.7. The lowest BCUT2D eigenvalue weighted by Crippen LogP contribution is -2.42. The van der Waals surface area contributed by atoms with Crippen molar-refractivity contribution in [1.82, 2.24) is 4.90 Å². The fourth-order valence-corrected chi connectivity index (χ4v) is 4.14. The Morgan fingerprint density at radius 3 is 2.55 bits per heavy atom. The van der Waals surface area contributed by atoms with E-state index in [1.54, 1.807) is 23.8 Å². The molecule has 1 heterocycles. The lowest BCUT2D eigenvalue weighted by atomic mass is 10.2. The van der Waals surface area contributed by atoms with E-state index >= 15 is 0 Å². The van der Waals surface area contributed by atoms with E-state index in [0.717, 1.165) is 0 Å². The molecule has 1 amide bonds. The van der Waals surface area contributed by atoms with Crippen molar-refractivity contribution in [2.24, 2.45) is 0 Å². The van der Waals surface area contributed by atoms with E-state index in [9.17, 15) is 9.59 Å². The molecule has 1 saturated carbocycles. The van der Waals surface area contributed by atoms with Gasteiger partial charge in [0.25, 0.3) is 0 Å². The lowest BCUT2D eigenvalue weighted by molar-refractivity contribution is -0.150. The smallest absolute Gasteiger partial charge is 0.328 e. The number of amides is 1. The molecule has 1 aliphatic carbocycles. The van der Waals surface area contributed by atoms with E-state index in [1.165, 1.54) is 32.8 Å². The van der Waals surface area contributed by atoms with Gasteiger partial charge in [-0.3, -0.25) is 4.79 Å². The van der Waals surface area contributed by atoms with Gasteiger partial charge in [0.2, 0.25) is 5.91 Å². The molecule has 6 heteroatoms. The molecule has 0 aromatic rings. The topological polar surface area (TPSA) is 55.8 Å². The predicted octanol–water partition coefficient (Wildman–Crippen LogP) is 1.45. The Labute approximate surface area is 124 Å². The Morgan fingerprint density at radius 1 is 1.25 bits per heavy atom. The zero-order chi connectivity index (χ0) is 14.5. The first-order valence-corrected chi connectivity index (χ1v) is 8.22. The zero-order valence-electron chi connectivity index (χ0n) is 12.2. The summed E-state index contributed by atoms with van der Waals surface area (Å²) in [6, 6.07) is -0.485. The van der Waals surface area contributed by atoms with Crippen LogP contribution in [0.3, 0.4) is 0 Å². The quantitative estimate of drug-likeness (QED) is 0.719. The highest BCUT2D eigenvalue weighted by Crippen LogP contribution is 2.30. The third-order valence-electron chi connectivity index (χ3n) is 4.13. The van der Waals surface area contributed by atoms with E-state index in [2.05, 4.69) is 0 Å². The highest BCUT2D eigenvalue weighted by Gasteiger charge is 2.40. The van der Waals surface area contributed by atoms with Crippen LogP contribution >= 0.6 is 11.8 Å². The number of methoxy groups -OCH3 is 2. The average molecular weight is 301 g/mol. The van der Waals surface area contributed by atoms with Crippen molar-refractivity contribution in [3.63, 3.8) is 0 Å². The molecule has 0 spiro atoms. The van der Waals surface area contributed by atoms with E-state index in [0.29, 0.717) is 24.0 Å². The number of thioether (sulfide) groups is 1. The number of rotatable bonds is 5. The maximum Gasteiger partial charge on any atom is 0.328 e. The molecule has 2 fully saturated rings. The van der Waals surface area contributed by atoms with Gasteiger partial charge in [0, 0.05) is 25.3 Å². The second-order valence-corrected chi connectivity index (χ2v) is 6.68. The van der Waals surface area contributed by atoms with Gasteiger partial charge >= 0.3 is 5.97 Å². The predicted molar refractivity (Wildman–Crippen MR) is 77.6 cm³/mol. The molecule has 114 valence electrons. The summed E-state index contributed by atoms with van der Waals surface area (Å²) in [5, 5.41) is 0.608. The Balaban J connectivity index is 1.89. The van der Waals surface area contributed by atoms with Gasteiger partial charge in [-0.15, -0.1) is 11.8 Å². The Morgan fingerprint density at radius 2 is 1.95 bits per heavy atom. The van der Waals surface area contributed by atoms with Gasteiger partial charge in [-0.1, -0.05) is 12.8 Å². The van der Waals surface area contributed by atoms with Crippen LogP contribution in [0.25, 0.3) is 0 Å². The molecule has 0 aromatic carbocycles. The molecule has 2 atom stereocenters. The number of carbonyl (C=O) groups is 2. The molecular weight excluding hydrogens is 278 g/mol. The molecule has 1 saturated heterocycles. The minimum atomic E-state index is -0.485. The highest BCUT2D eigenvalue weighted by atomic mass is 32.2. The average Bonchev–Trinajstić information content (AvgIpc) is 3.12. The molecule has 20 heavy (non-hydrogen) atoms. The Hall–Kier alpha value is -0.750. The first kappa shape index (κ1) is 15.6.